The van der Waals surface area contributed by atoms with E-state index in [1.54, 1.807) is 6.26 Å². The Morgan fingerprint density at radius 1 is 1.14 bits per heavy atom. The van der Waals surface area contributed by atoms with E-state index < -0.39 is 0 Å². The van der Waals surface area contributed by atoms with E-state index in [1.807, 2.05) is 12.1 Å². The molecule has 3 rings (SSSR count). The van der Waals surface area contributed by atoms with Gasteiger partial charge in [-0.3, -0.25) is 4.90 Å². The first-order valence-corrected chi connectivity index (χ1v) is 10.1. The molecule has 0 radical (unpaired) electrons. The molecule has 154 valence electrons. The highest BCUT2D eigenvalue weighted by Crippen LogP contribution is 2.21. The maximum absolute atomic E-state index is 5.39. The number of piperidine rings is 1. The lowest BCUT2D eigenvalue weighted by atomic mass is 10.0. The number of hydrogen-bond donors (Lipinski definition) is 2. The van der Waals surface area contributed by atoms with Crippen molar-refractivity contribution in [3.63, 3.8) is 0 Å². The van der Waals surface area contributed by atoms with E-state index in [9.17, 15) is 0 Å². The molecule has 2 aromatic rings. The first-order valence-electron chi connectivity index (χ1n) is 10.1. The predicted molar refractivity (Wildman–Crippen MR) is 126 cm³/mol. The van der Waals surface area contributed by atoms with Gasteiger partial charge < -0.3 is 15.1 Å². The van der Waals surface area contributed by atoms with Gasteiger partial charge in [0.15, 0.2) is 5.96 Å². The number of likely N-dealkylation sites (tertiary alicyclic amines) is 1. The van der Waals surface area contributed by atoms with Crippen LogP contribution in [-0.4, -0.2) is 30.0 Å². The quantitative estimate of drug-likeness (QED) is 0.336. The topological polar surface area (TPSA) is 52.8 Å². The molecule has 0 spiro atoms. The van der Waals surface area contributed by atoms with Gasteiger partial charge in [0.25, 0.3) is 0 Å². The zero-order valence-corrected chi connectivity index (χ0v) is 19.3. The summed E-state index contributed by atoms with van der Waals surface area (Å²) in [5.41, 5.74) is 2.68. The summed E-state index contributed by atoms with van der Waals surface area (Å²) in [7, 11) is 0. The maximum Gasteiger partial charge on any atom is 0.191 e. The number of nitrogens with one attached hydrogen (secondary N) is 2. The maximum atomic E-state index is 5.39. The first kappa shape index (κ1) is 22.7. The standard InChI is InChI=1S/C22H32N4O.HI/c1-3-23-22(25-16-21-12-8-14-27-21)24-15-19-10-4-5-11-20(19)17-26-13-7-6-9-18(26)2;/h4-5,8,10-12,14,18H,3,6-7,9,13,15-17H2,1-2H3,(H2,23,24,25);1H. The van der Waals surface area contributed by atoms with Crippen molar-refractivity contribution < 1.29 is 4.42 Å². The Bertz CT molecular complexity index is 717. The van der Waals surface area contributed by atoms with Crippen molar-refractivity contribution in [3.05, 3.63) is 59.5 Å². The first-order chi connectivity index (χ1) is 13.3. The second kappa shape index (κ2) is 12.1. The zero-order chi connectivity index (χ0) is 18.9. The van der Waals surface area contributed by atoms with Crippen LogP contribution in [0.2, 0.25) is 0 Å². The highest BCUT2D eigenvalue weighted by Gasteiger charge is 2.19. The number of furan rings is 1. The summed E-state index contributed by atoms with van der Waals surface area (Å²) in [5.74, 6) is 1.72. The Morgan fingerprint density at radius 3 is 2.68 bits per heavy atom. The smallest absolute Gasteiger partial charge is 0.191 e. The molecule has 0 aliphatic carbocycles. The van der Waals surface area contributed by atoms with Gasteiger partial charge in [0.05, 0.1) is 19.4 Å². The second-order valence-corrected chi connectivity index (χ2v) is 7.21. The average Bonchev–Trinajstić information content (AvgIpc) is 3.20. The third-order valence-electron chi connectivity index (χ3n) is 5.19. The molecule has 1 fully saturated rings. The molecule has 1 aromatic heterocycles. The van der Waals surface area contributed by atoms with Crippen LogP contribution in [0.25, 0.3) is 0 Å². The summed E-state index contributed by atoms with van der Waals surface area (Å²) in [6, 6.07) is 13.2. The van der Waals surface area contributed by atoms with Crippen LogP contribution in [0.15, 0.2) is 52.1 Å². The molecule has 6 heteroatoms. The zero-order valence-electron chi connectivity index (χ0n) is 17.0. The molecule has 1 saturated heterocycles. The van der Waals surface area contributed by atoms with E-state index in [0.717, 1.165) is 24.8 Å². The Morgan fingerprint density at radius 2 is 1.96 bits per heavy atom. The average molecular weight is 496 g/mol. The predicted octanol–water partition coefficient (Wildman–Crippen LogP) is 4.53. The number of aliphatic imine (C=N–C) groups is 1. The Hall–Kier alpha value is -1.54. The normalized spacial score (nSPS) is 17.8. The molecule has 1 unspecified atom stereocenters. The van der Waals surface area contributed by atoms with Gasteiger partial charge in [-0.2, -0.15) is 0 Å². The molecule has 1 aliphatic heterocycles. The molecule has 1 aliphatic rings. The van der Waals surface area contributed by atoms with Crippen molar-refractivity contribution in [2.45, 2.75) is 58.8 Å². The lowest BCUT2D eigenvalue weighted by Crippen LogP contribution is -2.37. The third-order valence-corrected chi connectivity index (χ3v) is 5.19. The molecule has 2 heterocycles. The van der Waals surface area contributed by atoms with Gasteiger partial charge in [-0.25, -0.2) is 4.99 Å². The minimum atomic E-state index is 0. The fourth-order valence-electron chi connectivity index (χ4n) is 3.57. The largest absolute Gasteiger partial charge is 0.467 e. The lowest BCUT2D eigenvalue weighted by molar-refractivity contribution is 0.152. The number of benzene rings is 1. The molecular weight excluding hydrogens is 463 g/mol. The molecule has 5 nitrogen and oxygen atoms in total. The van der Waals surface area contributed by atoms with E-state index in [2.05, 4.69) is 53.6 Å². The molecular formula is C22H33IN4O. The summed E-state index contributed by atoms with van der Waals surface area (Å²) in [6.45, 7) is 8.78. The number of nitrogens with zero attached hydrogens (tertiary/aromatic N) is 2. The highest BCUT2D eigenvalue weighted by molar-refractivity contribution is 14.0. The fourth-order valence-corrected chi connectivity index (χ4v) is 3.57. The van der Waals surface area contributed by atoms with E-state index in [4.69, 9.17) is 9.41 Å². The monoisotopic (exact) mass is 496 g/mol. The Balaban J connectivity index is 0.00000280. The van der Waals surface area contributed by atoms with Crippen LogP contribution in [0.1, 0.15) is 50.0 Å². The van der Waals surface area contributed by atoms with Crippen LogP contribution in [0.3, 0.4) is 0 Å². The van der Waals surface area contributed by atoms with Crippen LogP contribution >= 0.6 is 24.0 Å². The van der Waals surface area contributed by atoms with Crippen LogP contribution in [0, 0.1) is 0 Å². The van der Waals surface area contributed by atoms with Gasteiger partial charge in [-0.15, -0.1) is 24.0 Å². The van der Waals surface area contributed by atoms with Crippen molar-refractivity contribution >= 4 is 29.9 Å². The van der Waals surface area contributed by atoms with Crippen LogP contribution in [-0.2, 0) is 19.6 Å². The number of hydrogen-bond acceptors (Lipinski definition) is 3. The third kappa shape index (κ3) is 6.81. The highest BCUT2D eigenvalue weighted by atomic mass is 127. The van der Waals surface area contributed by atoms with Crippen LogP contribution in [0.5, 0.6) is 0 Å². The van der Waals surface area contributed by atoms with Crippen LogP contribution in [0.4, 0.5) is 0 Å². The second-order valence-electron chi connectivity index (χ2n) is 7.21. The van der Waals surface area contributed by atoms with Crippen molar-refractivity contribution in [3.8, 4) is 0 Å². The SMILES string of the molecule is CCNC(=NCc1ccccc1CN1CCCCC1C)NCc1ccco1.I. The molecule has 28 heavy (non-hydrogen) atoms. The van der Waals surface area contributed by atoms with Gasteiger partial charge >= 0.3 is 0 Å². The van der Waals surface area contributed by atoms with E-state index in [0.29, 0.717) is 19.1 Å². The van der Waals surface area contributed by atoms with Crippen molar-refractivity contribution in [2.75, 3.05) is 13.1 Å². The van der Waals surface area contributed by atoms with E-state index >= 15 is 0 Å². The summed E-state index contributed by atoms with van der Waals surface area (Å²) in [4.78, 5) is 7.39. The van der Waals surface area contributed by atoms with Gasteiger partial charge in [0.2, 0.25) is 0 Å². The van der Waals surface area contributed by atoms with Gasteiger partial charge in [0, 0.05) is 19.1 Å². The fraction of sp³-hybridized carbons (Fsp3) is 0.500. The van der Waals surface area contributed by atoms with Crippen LogP contribution < -0.4 is 10.6 Å². The summed E-state index contributed by atoms with van der Waals surface area (Å²) in [5, 5.41) is 6.65. The Labute approximate surface area is 186 Å². The molecule has 1 atom stereocenters. The van der Waals surface area contributed by atoms with Gasteiger partial charge in [0.1, 0.15) is 5.76 Å². The molecule has 0 saturated carbocycles. The Kier molecular flexibility index (Phi) is 9.84. The van der Waals surface area contributed by atoms with Crippen molar-refractivity contribution in [2.24, 2.45) is 4.99 Å². The van der Waals surface area contributed by atoms with Gasteiger partial charge in [-0.1, -0.05) is 30.7 Å². The van der Waals surface area contributed by atoms with Crippen molar-refractivity contribution in [1.29, 1.82) is 0 Å². The summed E-state index contributed by atoms with van der Waals surface area (Å²) < 4.78 is 5.39. The molecule has 0 bridgehead atoms. The van der Waals surface area contributed by atoms with Gasteiger partial charge in [-0.05, 0) is 56.5 Å². The summed E-state index contributed by atoms with van der Waals surface area (Å²) in [6.07, 6.45) is 5.67. The number of halogens is 1. The van der Waals surface area contributed by atoms with Crippen molar-refractivity contribution in [1.82, 2.24) is 15.5 Å². The number of rotatable bonds is 7. The van der Waals surface area contributed by atoms with E-state index in [1.165, 1.54) is 36.9 Å². The number of guanidine groups is 1. The summed E-state index contributed by atoms with van der Waals surface area (Å²) >= 11 is 0. The minimum absolute atomic E-state index is 0. The molecule has 2 N–H and O–H groups in total. The molecule has 0 amide bonds. The minimum Gasteiger partial charge on any atom is -0.467 e. The molecule has 1 aromatic carbocycles. The van der Waals surface area contributed by atoms with E-state index in [-0.39, 0.29) is 24.0 Å². The lowest BCUT2D eigenvalue weighted by Gasteiger charge is -2.33.